The molecule has 0 saturated carbocycles. The van der Waals surface area contributed by atoms with E-state index in [-0.39, 0.29) is 6.04 Å². The average molecular weight is 116 g/mol. The van der Waals surface area contributed by atoms with Gasteiger partial charge < -0.3 is 15.9 Å². The van der Waals surface area contributed by atoms with Crippen molar-refractivity contribution in [2.75, 3.05) is 13.7 Å². The molecule has 48 valence electrons. The van der Waals surface area contributed by atoms with Gasteiger partial charge in [-0.2, -0.15) is 0 Å². The van der Waals surface area contributed by atoms with Gasteiger partial charge in [-0.25, -0.2) is 0 Å². The Hall–Kier alpha value is -0.410. The lowest BCUT2D eigenvalue weighted by Crippen LogP contribution is -2.32. The molecule has 0 saturated heterocycles. The Morgan fingerprint density at radius 2 is 2.38 bits per heavy atom. The molecule has 0 aromatic carbocycles. The molecule has 0 aromatic heterocycles. The topological polar surface area (TPSA) is 59.1 Å². The second kappa shape index (κ2) is 3.57. The lowest BCUT2D eigenvalue weighted by Gasteiger charge is -2.05. The van der Waals surface area contributed by atoms with Crippen LogP contribution in [0.5, 0.6) is 0 Å². The standard InChI is InChI=1S/C5H12N2O/c1-4(6)5(7)3-8-2/h5-6H,3,7H2,1-2H3. The zero-order chi connectivity index (χ0) is 6.57. The highest BCUT2D eigenvalue weighted by molar-refractivity contribution is 5.84. The maximum atomic E-state index is 7.00. The molecule has 1 unspecified atom stereocenters. The summed E-state index contributed by atoms with van der Waals surface area (Å²) < 4.78 is 4.70. The predicted octanol–water partition coefficient (Wildman–Crippen LogP) is -0.000230. The van der Waals surface area contributed by atoms with Gasteiger partial charge in [0.05, 0.1) is 12.6 Å². The van der Waals surface area contributed by atoms with Crippen molar-refractivity contribution in [2.45, 2.75) is 13.0 Å². The highest BCUT2D eigenvalue weighted by atomic mass is 16.5. The highest BCUT2D eigenvalue weighted by Crippen LogP contribution is 1.80. The first kappa shape index (κ1) is 7.59. The number of rotatable bonds is 3. The van der Waals surface area contributed by atoms with Crippen molar-refractivity contribution in [1.82, 2.24) is 0 Å². The molecule has 0 radical (unpaired) electrons. The summed E-state index contributed by atoms with van der Waals surface area (Å²) in [5.41, 5.74) is 5.84. The fourth-order valence-corrected chi connectivity index (χ4v) is 0.305. The normalized spacial score (nSPS) is 13.4. The molecule has 0 aromatic rings. The van der Waals surface area contributed by atoms with Crippen LogP contribution in [0.3, 0.4) is 0 Å². The molecule has 3 N–H and O–H groups in total. The molecule has 0 heterocycles. The second-order valence-corrected chi connectivity index (χ2v) is 1.74. The van der Waals surface area contributed by atoms with Crippen molar-refractivity contribution >= 4 is 5.71 Å². The van der Waals surface area contributed by atoms with E-state index in [1.54, 1.807) is 14.0 Å². The van der Waals surface area contributed by atoms with E-state index in [0.29, 0.717) is 12.3 Å². The van der Waals surface area contributed by atoms with Crippen LogP contribution in [0.15, 0.2) is 0 Å². The Morgan fingerprint density at radius 3 is 2.50 bits per heavy atom. The average Bonchev–Trinajstić information content (AvgIpc) is 1.67. The van der Waals surface area contributed by atoms with Gasteiger partial charge in [0, 0.05) is 12.8 Å². The van der Waals surface area contributed by atoms with Crippen LogP contribution in [0.2, 0.25) is 0 Å². The summed E-state index contributed by atoms with van der Waals surface area (Å²) in [5.74, 6) is 0. The van der Waals surface area contributed by atoms with E-state index in [9.17, 15) is 0 Å². The minimum Gasteiger partial charge on any atom is -0.383 e. The second-order valence-electron chi connectivity index (χ2n) is 1.74. The molecular weight excluding hydrogens is 104 g/mol. The van der Waals surface area contributed by atoms with Crippen molar-refractivity contribution in [3.8, 4) is 0 Å². The molecule has 0 bridgehead atoms. The molecule has 0 rings (SSSR count). The third-order valence-corrected chi connectivity index (χ3v) is 0.902. The molecule has 3 nitrogen and oxygen atoms in total. The zero-order valence-corrected chi connectivity index (χ0v) is 5.27. The first-order chi connectivity index (χ1) is 3.68. The van der Waals surface area contributed by atoms with Gasteiger partial charge >= 0.3 is 0 Å². The van der Waals surface area contributed by atoms with E-state index in [4.69, 9.17) is 15.9 Å². The molecule has 0 spiro atoms. The largest absolute Gasteiger partial charge is 0.383 e. The SMILES string of the molecule is COCC(N)C(C)=N. The van der Waals surface area contributed by atoms with Gasteiger partial charge in [-0.15, -0.1) is 0 Å². The Bertz CT molecular complexity index is 82.5. The number of hydrogen-bond acceptors (Lipinski definition) is 3. The van der Waals surface area contributed by atoms with E-state index < -0.39 is 0 Å². The van der Waals surface area contributed by atoms with Crippen LogP contribution in [-0.2, 0) is 4.74 Å². The molecule has 0 aliphatic carbocycles. The first-order valence-electron chi connectivity index (χ1n) is 2.48. The maximum absolute atomic E-state index is 7.00. The predicted molar refractivity (Wildman–Crippen MR) is 33.3 cm³/mol. The summed E-state index contributed by atoms with van der Waals surface area (Å²) in [7, 11) is 1.57. The van der Waals surface area contributed by atoms with Crippen LogP contribution in [0.1, 0.15) is 6.92 Å². The molecule has 8 heavy (non-hydrogen) atoms. The fraction of sp³-hybridized carbons (Fsp3) is 0.800. The summed E-state index contributed by atoms with van der Waals surface area (Å²) in [6.45, 7) is 2.11. The third kappa shape index (κ3) is 2.71. The van der Waals surface area contributed by atoms with Gasteiger partial charge in [0.15, 0.2) is 0 Å². The summed E-state index contributed by atoms with van der Waals surface area (Å²) in [6, 6.07) is -0.222. The van der Waals surface area contributed by atoms with Crippen molar-refractivity contribution in [3.05, 3.63) is 0 Å². The van der Waals surface area contributed by atoms with Gasteiger partial charge in [0.25, 0.3) is 0 Å². The van der Waals surface area contributed by atoms with Gasteiger partial charge in [-0.1, -0.05) is 0 Å². The smallest absolute Gasteiger partial charge is 0.0667 e. The van der Waals surface area contributed by atoms with Gasteiger partial charge in [-0.05, 0) is 6.92 Å². The first-order valence-corrected chi connectivity index (χ1v) is 2.48. The molecule has 0 amide bonds. The molecule has 3 heteroatoms. The van der Waals surface area contributed by atoms with Crippen LogP contribution >= 0.6 is 0 Å². The van der Waals surface area contributed by atoms with E-state index in [1.807, 2.05) is 0 Å². The Labute approximate surface area is 49.3 Å². The lowest BCUT2D eigenvalue weighted by molar-refractivity contribution is 0.196. The highest BCUT2D eigenvalue weighted by Gasteiger charge is 2.00. The minimum atomic E-state index is -0.222. The minimum absolute atomic E-state index is 0.222. The van der Waals surface area contributed by atoms with Crippen LogP contribution in [0.4, 0.5) is 0 Å². The van der Waals surface area contributed by atoms with E-state index in [0.717, 1.165) is 0 Å². The molecular formula is C5H12N2O. The number of nitrogens with two attached hydrogens (primary N) is 1. The van der Waals surface area contributed by atoms with E-state index >= 15 is 0 Å². The quantitative estimate of drug-likeness (QED) is 0.510. The summed E-state index contributed by atoms with van der Waals surface area (Å²) in [4.78, 5) is 0. The maximum Gasteiger partial charge on any atom is 0.0667 e. The van der Waals surface area contributed by atoms with E-state index in [2.05, 4.69) is 0 Å². The van der Waals surface area contributed by atoms with Crippen molar-refractivity contribution in [1.29, 1.82) is 5.41 Å². The Balaban J connectivity index is 3.32. The third-order valence-electron chi connectivity index (χ3n) is 0.902. The molecule has 1 atom stereocenters. The summed E-state index contributed by atoms with van der Waals surface area (Å²) in [5, 5.41) is 7.00. The van der Waals surface area contributed by atoms with Gasteiger partial charge in [0.2, 0.25) is 0 Å². The van der Waals surface area contributed by atoms with Crippen LogP contribution in [0.25, 0.3) is 0 Å². The van der Waals surface area contributed by atoms with Crippen molar-refractivity contribution < 1.29 is 4.74 Å². The van der Waals surface area contributed by atoms with E-state index in [1.165, 1.54) is 0 Å². The molecule has 0 fully saturated rings. The van der Waals surface area contributed by atoms with Gasteiger partial charge in [-0.3, -0.25) is 0 Å². The fourth-order valence-electron chi connectivity index (χ4n) is 0.305. The van der Waals surface area contributed by atoms with Crippen LogP contribution in [0, 0.1) is 5.41 Å². The summed E-state index contributed by atoms with van der Waals surface area (Å²) >= 11 is 0. The zero-order valence-electron chi connectivity index (χ0n) is 5.27. The number of ether oxygens (including phenoxy) is 1. The van der Waals surface area contributed by atoms with Crippen LogP contribution < -0.4 is 5.73 Å². The molecule has 0 aliphatic heterocycles. The van der Waals surface area contributed by atoms with Crippen LogP contribution in [-0.4, -0.2) is 25.5 Å². The number of nitrogens with one attached hydrogen (secondary N) is 1. The van der Waals surface area contributed by atoms with Gasteiger partial charge in [0.1, 0.15) is 0 Å². The molecule has 0 aliphatic rings. The lowest BCUT2D eigenvalue weighted by atomic mass is 10.2. The Kier molecular flexibility index (Phi) is 3.39. The number of hydrogen-bond donors (Lipinski definition) is 2. The Morgan fingerprint density at radius 1 is 1.88 bits per heavy atom. The summed E-state index contributed by atoms with van der Waals surface area (Å²) in [6.07, 6.45) is 0. The monoisotopic (exact) mass is 116 g/mol. The van der Waals surface area contributed by atoms with Crippen molar-refractivity contribution in [3.63, 3.8) is 0 Å². The number of methoxy groups -OCH3 is 1. The van der Waals surface area contributed by atoms with Crippen molar-refractivity contribution in [2.24, 2.45) is 5.73 Å².